The van der Waals surface area contributed by atoms with E-state index in [9.17, 15) is 9.18 Å². The number of rotatable bonds is 4. The Kier molecular flexibility index (Phi) is 3.84. The summed E-state index contributed by atoms with van der Waals surface area (Å²) in [5.74, 6) is -0.620. The number of imidazole rings is 1. The van der Waals surface area contributed by atoms with E-state index < -0.39 is 0 Å². The first-order valence-corrected chi connectivity index (χ1v) is 9.32. The van der Waals surface area contributed by atoms with Crippen LogP contribution in [0.4, 0.5) is 4.39 Å². The van der Waals surface area contributed by atoms with E-state index in [0.29, 0.717) is 17.1 Å². The Balaban J connectivity index is 1.60. The number of carbonyl (C=O) groups excluding carboxylic acids is 1. The molecule has 0 aliphatic heterocycles. The first kappa shape index (κ1) is 16.5. The molecule has 0 fully saturated rings. The van der Waals surface area contributed by atoms with Gasteiger partial charge in [-0.1, -0.05) is 35.5 Å². The summed E-state index contributed by atoms with van der Waals surface area (Å²) in [7, 11) is 0. The Labute approximate surface area is 162 Å². The van der Waals surface area contributed by atoms with E-state index in [1.165, 1.54) is 34.3 Å². The van der Waals surface area contributed by atoms with Gasteiger partial charge in [0, 0.05) is 17.1 Å². The van der Waals surface area contributed by atoms with Gasteiger partial charge in [0.05, 0.1) is 11.9 Å². The highest BCUT2D eigenvalue weighted by molar-refractivity contribution is 7.15. The molecule has 28 heavy (non-hydrogen) atoms. The molecule has 0 unspecified atom stereocenters. The molecule has 8 heteroatoms. The highest BCUT2D eigenvalue weighted by Crippen LogP contribution is 2.28. The van der Waals surface area contributed by atoms with Gasteiger partial charge in [-0.05, 0) is 24.3 Å². The van der Waals surface area contributed by atoms with Crippen molar-refractivity contribution in [2.45, 2.75) is 0 Å². The van der Waals surface area contributed by atoms with E-state index in [1.54, 1.807) is 16.5 Å². The average molecular weight is 389 g/mol. The Morgan fingerprint density at radius 3 is 2.61 bits per heavy atom. The second-order valence-corrected chi connectivity index (χ2v) is 6.96. The summed E-state index contributed by atoms with van der Waals surface area (Å²) in [6.07, 6.45) is 3.35. The lowest BCUT2D eigenvalue weighted by atomic mass is 10.1. The zero-order valence-electron chi connectivity index (χ0n) is 14.4. The van der Waals surface area contributed by atoms with E-state index in [2.05, 4.69) is 15.3 Å². The van der Waals surface area contributed by atoms with E-state index in [4.69, 9.17) is 0 Å². The standard InChI is InChI=1S/C20H12FN5OS/c21-14-6-8-15(9-7-14)26-12-16(23-24-26)19(27)18-17(13-4-2-1-3-5-13)22-20-25(18)10-11-28-20/h1-12H. The fourth-order valence-electron chi connectivity index (χ4n) is 3.01. The van der Waals surface area contributed by atoms with Crippen molar-refractivity contribution >= 4 is 22.1 Å². The van der Waals surface area contributed by atoms with Gasteiger partial charge in [0.15, 0.2) is 10.7 Å². The maximum atomic E-state index is 13.3. The van der Waals surface area contributed by atoms with Gasteiger partial charge in [-0.15, -0.1) is 16.4 Å². The maximum Gasteiger partial charge on any atom is 0.233 e. The van der Waals surface area contributed by atoms with E-state index in [1.807, 2.05) is 41.9 Å². The van der Waals surface area contributed by atoms with Crippen molar-refractivity contribution in [2.24, 2.45) is 0 Å². The molecule has 5 rings (SSSR count). The van der Waals surface area contributed by atoms with Crippen LogP contribution >= 0.6 is 11.3 Å². The van der Waals surface area contributed by atoms with Crippen molar-refractivity contribution in [3.63, 3.8) is 0 Å². The van der Waals surface area contributed by atoms with Crippen LogP contribution in [0.15, 0.2) is 72.4 Å². The van der Waals surface area contributed by atoms with Crippen LogP contribution in [-0.4, -0.2) is 30.2 Å². The van der Waals surface area contributed by atoms with Gasteiger partial charge in [-0.25, -0.2) is 14.1 Å². The third-order valence-electron chi connectivity index (χ3n) is 4.34. The van der Waals surface area contributed by atoms with Crippen molar-refractivity contribution in [3.05, 3.63) is 89.6 Å². The SMILES string of the molecule is O=C(c1cn(-c2ccc(F)cc2)nn1)c1c(-c2ccccc2)nc2sccn12. The van der Waals surface area contributed by atoms with Crippen molar-refractivity contribution in [2.75, 3.05) is 0 Å². The first-order valence-electron chi connectivity index (χ1n) is 8.45. The number of hydrogen-bond donors (Lipinski definition) is 0. The van der Waals surface area contributed by atoms with E-state index in [0.717, 1.165) is 10.5 Å². The summed E-state index contributed by atoms with van der Waals surface area (Å²) in [4.78, 5) is 18.6. The second-order valence-electron chi connectivity index (χ2n) is 6.08. The van der Waals surface area contributed by atoms with Crippen LogP contribution in [0.5, 0.6) is 0 Å². The van der Waals surface area contributed by atoms with Crippen molar-refractivity contribution in [1.29, 1.82) is 0 Å². The number of benzene rings is 2. The minimum atomic E-state index is -0.341. The number of nitrogens with zero attached hydrogens (tertiary/aromatic N) is 5. The van der Waals surface area contributed by atoms with E-state index in [-0.39, 0.29) is 17.3 Å². The topological polar surface area (TPSA) is 65.1 Å². The monoisotopic (exact) mass is 389 g/mol. The van der Waals surface area contributed by atoms with Crippen LogP contribution in [0.3, 0.4) is 0 Å². The van der Waals surface area contributed by atoms with Gasteiger partial charge in [0.25, 0.3) is 0 Å². The van der Waals surface area contributed by atoms with Gasteiger partial charge < -0.3 is 0 Å². The number of hydrogen-bond acceptors (Lipinski definition) is 5. The third-order valence-corrected chi connectivity index (χ3v) is 5.10. The minimum Gasteiger partial charge on any atom is -0.287 e. The Morgan fingerprint density at radius 1 is 1.04 bits per heavy atom. The molecule has 2 aromatic carbocycles. The van der Waals surface area contributed by atoms with Crippen LogP contribution in [-0.2, 0) is 0 Å². The molecule has 0 amide bonds. The lowest BCUT2D eigenvalue weighted by Crippen LogP contribution is -2.07. The number of ketones is 1. The largest absolute Gasteiger partial charge is 0.287 e. The molecule has 0 N–H and O–H groups in total. The minimum absolute atomic E-state index is 0.189. The van der Waals surface area contributed by atoms with Gasteiger partial charge in [-0.2, -0.15) is 0 Å². The Hall–Kier alpha value is -3.65. The fourth-order valence-corrected chi connectivity index (χ4v) is 3.72. The fraction of sp³-hybridized carbons (Fsp3) is 0. The molecule has 6 nitrogen and oxygen atoms in total. The maximum absolute atomic E-state index is 13.3. The van der Waals surface area contributed by atoms with Crippen LogP contribution in [0.25, 0.3) is 21.9 Å². The summed E-state index contributed by atoms with van der Waals surface area (Å²) >= 11 is 1.46. The molecule has 3 heterocycles. The molecule has 5 aromatic rings. The lowest BCUT2D eigenvalue weighted by molar-refractivity contribution is 0.102. The molecule has 0 saturated heterocycles. The van der Waals surface area contributed by atoms with Gasteiger partial charge in [0.2, 0.25) is 5.78 Å². The summed E-state index contributed by atoms with van der Waals surface area (Å²) in [6, 6.07) is 15.4. The van der Waals surface area contributed by atoms with Crippen LogP contribution in [0, 0.1) is 5.82 Å². The molecule has 136 valence electrons. The first-order chi connectivity index (χ1) is 13.7. The molecule has 0 saturated carbocycles. The Bertz CT molecular complexity index is 1290. The molecular formula is C20H12FN5OS. The van der Waals surface area contributed by atoms with Gasteiger partial charge in [-0.3, -0.25) is 9.20 Å². The average Bonchev–Trinajstić information content (AvgIpc) is 3.44. The summed E-state index contributed by atoms with van der Waals surface area (Å²) in [5.41, 5.74) is 2.70. The molecule has 0 spiro atoms. The molecule has 3 aromatic heterocycles. The number of carbonyl (C=O) groups is 1. The third kappa shape index (κ3) is 2.71. The van der Waals surface area contributed by atoms with Crippen molar-refractivity contribution < 1.29 is 9.18 Å². The highest BCUT2D eigenvalue weighted by Gasteiger charge is 2.24. The summed E-state index contributed by atoms with van der Waals surface area (Å²) in [6.45, 7) is 0. The van der Waals surface area contributed by atoms with Gasteiger partial charge >= 0.3 is 0 Å². The number of halogens is 1. The predicted molar refractivity (Wildman–Crippen MR) is 103 cm³/mol. The van der Waals surface area contributed by atoms with Crippen LogP contribution < -0.4 is 0 Å². The molecule has 0 atom stereocenters. The smallest absolute Gasteiger partial charge is 0.233 e. The zero-order chi connectivity index (χ0) is 19.1. The second kappa shape index (κ2) is 6.50. The van der Waals surface area contributed by atoms with Crippen molar-refractivity contribution in [1.82, 2.24) is 24.4 Å². The predicted octanol–water partition coefficient (Wildman–Crippen LogP) is 4.01. The zero-order valence-corrected chi connectivity index (χ0v) is 15.2. The number of thiazole rings is 1. The van der Waals surface area contributed by atoms with Gasteiger partial charge in [0.1, 0.15) is 17.2 Å². The highest BCUT2D eigenvalue weighted by atomic mass is 32.1. The summed E-state index contributed by atoms with van der Waals surface area (Å²) in [5, 5.41) is 9.92. The molecule has 0 aliphatic carbocycles. The molecular weight excluding hydrogens is 377 g/mol. The van der Waals surface area contributed by atoms with Crippen LogP contribution in [0.1, 0.15) is 16.2 Å². The molecule has 0 bridgehead atoms. The normalized spacial score (nSPS) is 11.2. The van der Waals surface area contributed by atoms with E-state index >= 15 is 0 Å². The number of fused-ring (bicyclic) bond motifs is 1. The molecule has 0 radical (unpaired) electrons. The number of aromatic nitrogens is 5. The van der Waals surface area contributed by atoms with Crippen LogP contribution in [0.2, 0.25) is 0 Å². The van der Waals surface area contributed by atoms with Crippen molar-refractivity contribution in [3.8, 4) is 16.9 Å². The molecule has 0 aliphatic rings. The summed E-state index contributed by atoms with van der Waals surface area (Å²) < 4.78 is 16.4. The Morgan fingerprint density at radius 2 is 1.82 bits per heavy atom. The lowest BCUT2D eigenvalue weighted by Gasteiger charge is -2.02. The quantitative estimate of drug-likeness (QED) is 0.436.